The highest BCUT2D eigenvalue weighted by molar-refractivity contribution is 8.16. The van der Waals surface area contributed by atoms with Crippen molar-refractivity contribution in [3.8, 4) is 11.8 Å². The molecule has 9 heteroatoms. The van der Waals surface area contributed by atoms with Gasteiger partial charge < -0.3 is 10.2 Å². The van der Waals surface area contributed by atoms with Crippen molar-refractivity contribution >= 4 is 45.6 Å². The van der Waals surface area contributed by atoms with Crippen LogP contribution in [-0.2, 0) is 12.8 Å². The molecule has 1 aliphatic heterocycles. The van der Waals surface area contributed by atoms with E-state index in [0.29, 0.717) is 37.2 Å². The molecule has 0 saturated carbocycles. The molecule has 1 aliphatic rings. The van der Waals surface area contributed by atoms with Crippen LogP contribution in [0.15, 0.2) is 59.5 Å². The molecule has 0 radical (unpaired) electrons. The van der Waals surface area contributed by atoms with Crippen molar-refractivity contribution in [3.05, 3.63) is 90.8 Å². The number of hydrogen-bond donors (Lipinski definition) is 2. The van der Waals surface area contributed by atoms with Crippen LogP contribution in [0.4, 0.5) is 4.79 Å². The maximum absolute atomic E-state index is 12.5. The van der Waals surface area contributed by atoms with Gasteiger partial charge in [-0.2, -0.15) is 0 Å². The number of hydrazine groups is 1. The monoisotopic (exact) mass is 538 g/mol. The zero-order valence-electron chi connectivity index (χ0n) is 19.7. The SMILES string of the molecule is Cc1cc(C#Cc2cccc(CC(O)CCN3C=CSC(=O)N3CCc3ccc(C(=O)O)s3)c2)cs1. The quantitative estimate of drug-likeness (QED) is 0.345. The zero-order chi connectivity index (χ0) is 25.5. The summed E-state index contributed by atoms with van der Waals surface area (Å²) in [6, 6.07) is 13.4. The maximum atomic E-state index is 12.5. The Morgan fingerprint density at radius 1 is 1.11 bits per heavy atom. The lowest BCUT2D eigenvalue weighted by atomic mass is 10.0. The highest BCUT2D eigenvalue weighted by Gasteiger charge is 2.23. The minimum Gasteiger partial charge on any atom is -0.477 e. The number of thiophene rings is 2. The standard InChI is InChI=1S/C27H26N2O4S3/c1-19-15-22(18-35-19)6-5-20-3-2-4-21(16-20)17-23(30)9-11-28-13-14-34-27(33)29(28)12-10-24-7-8-25(36-24)26(31)32/h2-4,7-8,13-16,18,23,30H,9-12,17H2,1H3,(H,31,32). The number of carbonyl (C=O) groups is 2. The highest BCUT2D eigenvalue weighted by atomic mass is 32.2. The normalized spacial score (nSPS) is 14.0. The fraction of sp³-hybridized carbons (Fsp3) is 0.259. The summed E-state index contributed by atoms with van der Waals surface area (Å²) in [6.45, 7) is 2.99. The Morgan fingerprint density at radius 3 is 2.69 bits per heavy atom. The molecular formula is C27H26N2O4S3. The first-order valence-corrected chi connectivity index (χ1v) is 14.0. The summed E-state index contributed by atoms with van der Waals surface area (Å²) < 4.78 is 0. The van der Waals surface area contributed by atoms with Crippen molar-refractivity contribution in [2.75, 3.05) is 13.1 Å². The number of aliphatic hydroxyl groups excluding tert-OH is 1. The smallest absolute Gasteiger partial charge is 0.345 e. The topological polar surface area (TPSA) is 81.1 Å². The van der Waals surface area contributed by atoms with E-state index in [2.05, 4.69) is 24.8 Å². The summed E-state index contributed by atoms with van der Waals surface area (Å²) >= 11 is 4.02. The molecular weight excluding hydrogens is 513 g/mol. The molecule has 1 aromatic carbocycles. The first kappa shape index (κ1) is 26.0. The number of amides is 1. The van der Waals surface area contributed by atoms with Crippen LogP contribution < -0.4 is 0 Å². The van der Waals surface area contributed by atoms with Gasteiger partial charge in [-0.25, -0.2) is 9.80 Å². The number of aliphatic hydroxyl groups is 1. The van der Waals surface area contributed by atoms with Crippen LogP contribution in [-0.4, -0.2) is 50.6 Å². The van der Waals surface area contributed by atoms with Gasteiger partial charge in [0.1, 0.15) is 4.88 Å². The molecule has 2 N–H and O–H groups in total. The van der Waals surface area contributed by atoms with Gasteiger partial charge in [0, 0.05) is 52.0 Å². The van der Waals surface area contributed by atoms with Crippen LogP contribution in [0.1, 0.15) is 42.5 Å². The first-order chi connectivity index (χ1) is 17.4. The number of aryl methyl sites for hydroxylation is 1. The van der Waals surface area contributed by atoms with Crippen LogP contribution in [0.25, 0.3) is 0 Å². The van der Waals surface area contributed by atoms with Gasteiger partial charge in [0.25, 0.3) is 0 Å². The third-order valence-corrected chi connectivity index (χ3v) is 8.20. The van der Waals surface area contributed by atoms with E-state index in [1.54, 1.807) is 33.9 Å². The Hall–Kier alpha value is -3.03. The first-order valence-electron chi connectivity index (χ1n) is 11.4. The summed E-state index contributed by atoms with van der Waals surface area (Å²) in [6.07, 6.45) is 2.84. The van der Waals surface area contributed by atoms with Gasteiger partial charge in [-0.3, -0.25) is 9.80 Å². The number of carbonyl (C=O) groups excluding carboxylic acids is 1. The summed E-state index contributed by atoms with van der Waals surface area (Å²) in [5, 5.41) is 27.0. The van der Waals surface area contributed by atoms with Gasteiger partial charge in [-0.15, -0.1) is 22.7 Å². The summed E-state index contributed by atoms with van der Waals surface area (Å²) in [5.41, 5.74) is 2.94. The third kappa shape index (κ3) is 7.24. The van der Waals surface area contributed by atoms with E-state index in [0.717, 1.165) is 33.3 Å². The van der Waals surface area contributed by atoms with E-state index in [4.69, 9.17) is 5.11 Å². The van der Waals surface area contributed by atoms with E-state index in [9.17, 15) is 14.7 Å². The van der Waals surface area contributed by atoms with E-state index in [1.807, 2.05) is 40.9 Å². The van der Waals surface area contributed by atoms with Crippen LogP contribution in [0.2, 0.25) is 0 Å². The zero-order valence-corrected chi connectivity index (χ0v) is 22.2. The molecule has 3 heterocycles. The molecule has 1 atom stereocenters. The number of aromatic carboxylic acids is 1. The Kier molecular flexibility index (Phi) is 8.88. The molecule has 0 aliphatic carbocycles. The Labute approximate surface area is 222 Å². The summed E-state index contributed by atoms with van der Waals surface area (Å²) in [7, 11) is 0. The Bertz CT molecular complexity index is 1320. The average molecular weight is 539 g/mol. The van der Waals surface area contributed by atoms with Crippen molar-refractivity contribution in [1.29, 1.82) is 0 Å². The van der Waals surface area contributed by atoms with Gasteiger partial charge in [0.2, 0.25) is 0 Å². The number of benzene rings is 1. The molecule has 2 aromatic heterocycles. The molecule has 1 amide bonds. The fourth-order valence-electron chi connectivity index (χ4n) is 3.75. The predicted octanol–water partition coefficient (Wildman–Crippen LogP) is 5.61. The highest BCUT2D eigenvalue weighted by Crippen LogP contribution is 2.23. The largest absolute Gasteiger partial charge is 0.477 e. The molecule has 0 fully saturated rings. The average Bonchev–Trinajstić information content (AvgIpc) is 3.50. The molecule has 186 valence electrons. The molecule has 3 aromatic rings. The van der Waals surface area contributed by atoms with Crippen LogP contribution >= 0.6 is 34.4 Å². The summed E-state index contributed by atoms with van der Waals surface area (Å²) in [5.74, 6) is 5.44. The summed E-state index contributed by atoms with van der Waals surface area (Å²) in [4.78, 5) is 26.1. The minimum absolute atomic E-state index is 0.0888. The number of nitrogens with zero attached hydrogens (tertiary/aromatic N) is 2. The lowest BCUT2D eigenvalue weighted by Gasteiger charge is -2.36. The fourth-order valence-corrected chi connectivity index (χ4v) is 5.85. The second-order valence-electron chi connectivity index (χ2n) is 8.32. The number of carboxylic acid groups (broad SMARTS) is 1. The molecule has 6 nitrogen and oxygen atoms in total. The second-order valence-corrected chi connectivity index (χ2v) is 11.5. The molecule has 0 bridgehead atoms. The number of carboxylic acids is 1. The Morgan fingerprint density at radius 2 is 1.94 bits per heavy atom. The van der Waals surface area contributed by atoms with E-state index < -0.39 is 12.1 Å². The lowest BCUT2D eigenvalue weighted by molar-refractivity contribution is 0.0548. The van der Waals surface area contributed by atoms with E-state index >= 15 is 0 Å². The van der Waals surface area contributed by atoms with Crippen LogP contribution in [0.5, 0.6) is 0 Å². The maximum Gasteiger partial charge on any atom is 0.345 e. The van der Waals surface area contributed by atoms with E-state index in [1.165, 1.54) is 16.2 Å². The van der Waals surface area contributed by atoms with Gasteiger partial charge >= 0.3 is 11.2 Å². The lowest BCUT2D eigenvalue weighted by Crippen LogP contribution is -2.45. The van der Waals surface area contributed by atoms with Crippen molar-refractivity contribution in [2.45, 2.75) is 32.3 Å². The van der Waals surface area contributed by atoms with Crippen molar-refractivity contribution in [3.63, 3.8) is 0 Å². The van der Waals surface area contributed by atoms with Crippen molar-refractivity contribution in [1.82, 2.24) is 10.0 Å². The minimum atomic E-state index is -0.940. The molecule has 4 rings (SSSR count). The number of thioether (sulfide) groups is 1. The van der Waals surface area contributed by atoms with Crippen molar-refractivity contribution < 1.29 is 19.8 Å². The number of rotatable bonds is 9. The van der Waals surface area contributed by atoms with Crippen LogP contribution in [0.3, 0.4) is 0 Å². The number of hydrogen-bond acceptors (Lipinski definition) is 7. The van der Waals surface area contributed by atoms with Gasteiger partial charge in [-0.1, -0.05) is 24.0 Å². The predicted molar refractivity (Wildman–Crippen MR) is 146 cm³/mol. The van der Waals surface area contributed by atoms with Gasteiger partial charge in [0.05, 0.1) is 6.10 Å². The van der Waals surface area contributed by atoms with Crippen LogP contribution in [0, 0.1) is 18.8 Å². The molecule has 0 spiro atoms. The molecule has 36 heavy (non-hydrogen) atoms. The second kappa shape index (κ2) is 12.3. The van der Waals surface area contributed by atoms with Gasteiger partial charge in [-0.05, 0) is 72.8 Å². The molecule has 0 saturated heterocycles. The van der Waals surface area contributed by atoms with Gasteiger partial charge in [0.15, 0.2) is 0 Å². The molecule has 1 unspecified atom stereocenters. The third-order valence-electron chi connectivity index (χ3n) is 5.54. The van der Waals surface area contributed by atoms with Crippen molar-refractivity contribution in [2.24, 2.45) is 0 Å². The Balaban J connectivity index is 1.31. The van der Waals surface area contributed by atoms with E-state index in [-0.39, 0.29) is 5.24 Å².